The molecule has 0 fully saturated rings. The minimum atomic E-state index is -0.445. The Balaban J connectivity index is 1.77. The van der Waals surface area contributed by atoms with Crippen LogP contribution in [0, 0.1) is 0 Å². The van der Waals surface area contributed by atoms with Crippen molar-refractivity contribution in [1.82, 2.24) is 9.88 Å². The second-order valence-electron chi connectivity index (χ2n) is 6.11. The van der Waals surface area contributed by atoms with Crippen LogP contribution in [0.3, 0.4) is 0 Å². The zero-order chi connectivity index (χ0) is 19.8. The Bertz CT molecular complexity index is 831. The van der Waals surface area contributed by atoms with Crippen LogP contribution in [0.25, 0.3) is 0 Å². The summed E-state index contributed by atoms with van der Waals surface area (Å²) in [5.74, 6) is 1.94. The van der Waals surface area contributed by atoms with Crippen molar-refractivity contribution >= 4 is 6.09 Å². The number of aromatic nitrogens is 1. The lowest BCUT2D eigenvalue weighted by Crippen LogP contribution is -2.32. The number of rotatable bonds is 7. The number of ether oxygens (including phenoxy) is 3. The van der Waals surface area contributed by atoms with E-state index < -0.39 is 6.09 Å². The van der Waals surface area contributed by atoms with Crippen LogP contribution >= 0.6 is 0 Å². The van der Waals surface area contributed by atoms with Crippen molar-refractivity contribution in [2.24, 2.45) is 0 Å². The van der Waals surface area contributed by atoms with E-state index in [4.69, 9.17) is 14.2 Å². The summed E-state index contributed by atoms with van der Waals surface area (Å²) in [6.07, 6.45) is 2.69. The van der Waals surface area contributed by atoms with Gasteiger partial charge >= 0.3 is 6.09 Å². The molecule has 144 valence electrons. The van der Waals surface area contributed by atoms with Gasteiger partial charge in [0.1, 0.15) is 11.5 Å². The van der Waals surface area contributed by atoms with Crippen LogP contribution in [-0.4, -0.2) is 30.2 Å². The first-order valence-corrected chi connectivity index (χ1v) is 8.80. The molecule has 0 unspecified atom stereocenters. The molecule has 28 heavy (non-hydrogen) atoms. The van der Waals surface area contributed by atoms with E-state index in [1.54, 1.807) is 37.4 Å². The zero-order valence-electron chi connectivity index (χ0n) is 15.9. The smallest absolute Gasteiger partial charge is 0.415 e. The maximum Gasteiger partial charge on any atom is 0.415 e. The lowest BCUT2D eigenvalue weighted by molar-refractivity contribution is 0.146. The summed E-state index contributed by atoms with van der Waals surface area (Å²) in [6.45, 7) is 0.796. The molecule has 0 N–H and O–H groups in total. The number of amides is 1. The first-order chi connectivity index (χ1) is 13.7. The Kier molecular flexibility index (Phi) is 6.46. The minimum absolute atomic E-state index is 0.398. The molecule has 2 aromatic carbocycles. The average Bonchev–Trinajstić information content (AvgIpc) is 2.75. The van der Waals surface area contributed by atoms with Gasteiger partial charge in [0.15, 0.2) is 5.75 Å². The maximum absolute atomic E-state index is 12.8. The third-order valence-corrected chi connectivity index (χ3v) is 4.16. The normalized spacial score (nSPS) is 10.2. The van der Waals surface area contributed by atoms with E-state index in [0.29, 0.717) is 18.8 Å². The molecular formula is C22H22N2O4. The molecule has 0 aliphatic heterocycles. The van der Waals surface area contributed by atoms with Gasteiger partial charge in [0.2, 0.25) is 0 Å². The SMILES string of the molecule is COc1ccc(CN(Cc2ccc(OC)cc2)C(=O)Oc2cccnc2)cc1. The standard InChI is InChI=1S/C22H22N2O4/c1-26-19-9-5-17(6-10-19)15-24(16-18-7-11-20(27-2)12-8-18)22(25)28-21-4-3-13-23-14-21/h3-14H,15-16H2,1-2H3. The van der Waals surface area contributed by atoms with Crippen LogP contribution in [0.1, 0.15) is 11.1 Å². The van der Waals surface area contributed by atoms with Gasteiger partial charge in [-0.3, -0.25) is 9.88 Å². The summed E-state index contributed by atoms with van der Waals surface area (Å²) in [5, 5.41) is 0. The fourth-order valence-electron chi connectivity index (χ4n) is 2.66. The molecule has 1 amide bonds. The highest BCUT2D eigenvalue weighted by molar-refractivity contribution is 5.70. The monoisotopic (exact) mass is 378 g/mol. The van der Waals surface area contributed by atoms with Gasteiger partial charge in [-0.15, -0.1) is 0 Å². The highest BCUT2D eigenvalue weighted by Gasteiger charge is 2.17. The van der Waals surface area contributed by atoms with E-state index >= 15 is 0 Å². The van der Waals surface area contributed by atoms with Crippen molar-refractivity contribution in [3.63, 3.8) is 0 Å². The molecule has 0 bridgehead atoms. The van der Waals surface area contributed by atoms with Crippen molar-refractivity contribution in [1.29, 1.82) is 0 Å². The van der Waals surface area contributed by atoms with Crippen LogP contribution in [0.5, 0.6) is 17.2 Å². The summed E-state index contributed by atoms with van der Waals surface area (Å²) in [6, 6.07) is 18.6. The second kappa shape index (κ2) is 9.41. The number of benzene rings is 2. The molecule has 6 heteroatoms. The van der Waals surface area contributed by atoms with E-state index in [1.807, 2.05) is 48.5 Å². The molecule has 0 atom stereocenters. The Morgan fingerprint density at radius 3 is 1.79 bits per heavy atom. The summed E-state index contributed by atoms with van der Waals surface area (Å²) in [4.78, 5) is 18.4. The average molecular weight is 378 g/mol. The van der Waals surface area contributed by atoms with Gasteiger partial charge in [0.25, 0.3) is 0 Å². The Labute approximate surface area is 164 Å². The molecule has 0 aliphatic carbocycles. The van der Waals surface area contributed by atoms with Crippen molar-refractivity contribution in [3.05, 3.63) is 84.2 Å². The largest absolute Gasteiger partial charge is 0.497 e. The number of hydrogen-bond donors (Lipinski definition) is 0. The summed E-state index contributed by atoms with van der Waals surface area (Å²) >= 11 is 0. The van der Waals surface area contributed by atoms with Gasteiger partial charge in [-0.2, -0.15) is 0 Å². The first kappa shape index (κ1) is 19.2. The number of hydrogen-bond acceptors (Lipinski definition) is 5. The molecule has 3 aromatic rings. The fraction of sp³-hybridized carbons (Fsp3) is 0.182. The van der Waals surface area contributed by atoms with E-state index in [-0.39, 0.29) is 0 Å². The Morgan fingerprint density at radius 2 is 1.36 bits per heavy atom. The topological polar surface area (TPSA) is 60.9 Å². The van der Waals surface area contributed by atoms with Crippen LogP contribution in [-0.2, 0) is 13.1 Å². The van der Waals surface area contributed by atoms with Crippen LogP contribution in [0.15, 0.2) is 73.1 Å². The molecule has 0 saturated carbocycles. The molecule has 1 heterocycles. The van der Waals surface area contributed by atoms with Gasteiger partial charge in [-0.25, -0.2) is 4.79 Å². The molecule has 0 saturated heterocycles. The number of carbonyl (C=O) groups excluding carboxylic acids is 1. The first-order valence-electron chi connectivity index (χ1n) is 8.80. The maximum atomic E-state index is 12.8. The van der Waals surface area contributed by atoms with E-state index in [9.17, 15) is 4.79 Å². The van der Waals surface area contributed by atoms with E-state index in [0.717, 1.165) is 22.6 Å². The van der Waals surface area contributed by atoms with Crippen LogP contribution in [0.2, 0.25) is 0 Å². The molecule has 0 spiro atoms. The van der Waals surface area contributed by atoms with E-state index in [2.05, 4.69) is 4.98 Å². The van der Waals surface area contributed by atoms with Gasteiger partial charge in [-0.1, -0.05) is 24.3 Å². The summed E-state index contributed by atoms with van der Waals surface area (Å²) in [7, 11) is 3.24. The predicted molar refractivity (Wildman–Crippen MR) is 105 cm³/mol. The van der Waals surface area contributed by atoms with Gasteiger partial charge in [0, 0.05) is 19.3 Å². The van der Waals surface area contributed by atoms with Gasteiger partial charge < -0.3 is 14.2 Å². The minimum Gasteiger partial charge on any atom is -0.497 e. The van der Waals surface area contributed by atoms with Gasteiger partial charge in [-0.05, 0) is 47.5 Å². The third kappa shape index (κ3) is 5.23. The molecule has 3 rings (SSSR count). The van der Waals surface area contributed by atoms with Crippen LogP contribution in [0.4, 0.5) is 4.79 Å². The molecule has 0 aliphatic rings. The number of pyridine rings is 1. The Hall–Kier alpha value is -3.54. The van der Waals surface area contributed by atoms with Gasteiger partial charge in [0.05, 0.1) is 20.4 Å². The number of carbonyl (C=O) groups is 1. The van der Waals surface area contributed by atoms with Crippen molar-refractivity contribution in [3.8, 4) is 17.2 Å². The summed E-state index contributed by atoms with van der Waals surface area (Å²) < 4.78 is 15.9. The summed E-state index contributed by atoms with van der Waals surface area (Å²) in [5.41, 5.74) is 1.94. The number of methoxy groups -OCH3 is 2. The second-order valence-corrected chi connectivity index (χ2v) is 6.11. The predicted octanol–water partition coefficient (Wildman–Crippen LogP) is 4.30. The van der Waals surface area contributed by atoms with Crippen molar-refractivity contribution in [2.75, 3.05) is 14.2 Å². The molecule has 0 radical (unpaired) electrons. The van der Waals surface area contributed by atoms with Crippen molar-refractivity contribution in [2.45, 2.75) is 13.1 Å². The molecule has 1 aromatic heterocycles. The number of nitrogens with zero attached hydrogens (tertiary/aromatic N) is 2. The zero-order valence-corrected chi connectivity index (χ0v) is 15.9. The highest BCUT2D eigenvalue weighted by Crippen LogP contribution is 2.18. The lowest BCUT2D eigenvalue weighted by atomic mass is 10.1. The quantitative estimate of drug-likeness (QED) is 0.613. The van der Waals surface area contributed by atoms with Crippen LogP contribution < -0.4 is 14.2 Å². The molecule has 6 nitrogen and oxygen atoms in total. The Morgan fingerprint density at radius 1 is 0.821 bits per heavy atom. The lowest BCUT2D eigenvalue weighted by Gasteiger charge is -2.22. The third-order valence-electron chi connectivity index (χ3n) is 4.16. The van der Waals surface area contributed by atoms with Crippen molar-refractivity contribution < 1.29 is 19.0 Å². The van der Waals surface area contributed by atoms with E-state index in [1.165, 1.54) is 6.20 Å². The fourth-order valence-corrected chi connectivity index (χ4v) is 2.66. The highest BCUT2D eigenvalue weighted by atomic mass is 16.6. The molecular weight excluding hydrogens is 356 g/mol.